The van der Waals surface area contributed by atoms with Crippen LogP contribution >= 0.6 is 0 Å². The summed E-state index contributed by atoms with van der Waals surface area (Å²) in [5.74, 6) is -0.469. The van der Waals surface area contributed by atoms with Gasteiger partial charge in [0.05, 0.1) is 6.04 Å². The number of nitrogens with zero attached hydrogens (tertiary/aromatic N) is 3. The highest BCUT2D eigenvalue weighted by molar-refractivity contribution is 5.87. The van der Waals surface area contributed by atoms with Crippen LogP contribution in [0.4, 0.5) is 0 Å². The number of aromatic nitrogens is 3. The minimum Gasteiger partial charge on any atom is -0.476 e. The molecule has 0 amide bonds. The van der Waals surface area contributed by atoms with E-state index in [9.17, 15) is 4.79 Å². The Morgan fingerprint density at radius 3 is 2.39 bits per heavy atom. The summed E-state index contributed by atoms with van der Waals surface area (Å²) in [7, 11) is 0. The molecule has 140 valence electrons. The first-order valence-electron chi connectivity index (χ1n) is 8.84. The Morgan fingerprint density at radius 2 is 1.75 bits per heavy atom. The second kappa shape index (κ2) is 7.48. The molecule has 1 aliphatic rings. The predicted octanol–water partition coefficient (Wildman–Crippen LogP) is 4.07. The molecule has 0 bridgehead atoms. The van der Waals surface area contributed by atoms with Gasteiger partial charge >= 0.3 is 5.97 Å². The van der Waals surface area contributed by atoms with Crippen molar-refractivity contribution in [3.8, 4) is 22.8 Å². The number of hydrogen-bond acceptors (Lipinski definition) is 5. The lowest BCUT2D eigenvalue weighted by Crippen LogP contribution is -2.13. The first-order valence-corrected chi connectivity index (χ1v) is 8.84. The van der Waals surface area contributed by atoms with Gasteiger partial charge in [0.2, 0.25) is 5.69 Å². The molecule has 0 saturated heterocycles. The van der Waals surface area contributed by atoms with Gasteiger partial charge in [-0.1, -0.05) is 52.8 Å². The molecule has 0 saturated carbocycles. The van der Waals surface area contributed by atoms with Crippen molar-refractivity contribution < 1.29 is 14.6 Å². The number of carboxylic acids is 1. The lowest BCUT2D eigenvalue weighted by Gasteiger charge is -2.20. The standard InChI is InChI=1S/C21H18N4O3/c1-13-18(3-2-12-22-13)16-6-4-14(5-7-16)15-8-10-17(11-9-15)28-20-19(21(26)27)23-25-24-20/h2-13,18H,1H3,(H,26,27)(H,23,24,25). The predicted molar refractivity (Wildman–Crippen MR) is 105 cm³/mol. The third kappa shape index (κ3) is 3.55. The summed E-state index contributed by atoms with van der Waals surface area (Å²) in [6.45, 7) is 2.11. The summed E-state index contributed by atoms with van der Waals surface area (Å²) in [5.41, 5.74) is 3.16. The SMILES string of the molecule is CC1N=CC=CC1c1ccc(-c2ccc(Oc3nn[nH]c3C(=O)O)cc2)cc1. The van der Waals surface area contributed by atoms with E-state index in [2.05, 4.69) is 57.7 Å². The average molecular weight is 374 g/mol. The van der Waals surface area contributed by atoms with Crippen LogP contribution in [0.15, 0.2) is 65.7 Å². The topological polar surface area (TPSA) is 100 Å². The summed E-state index contributed by atoms with van der Waals surface area (Å²) in [6.07, 6.45) is 6.01. The Bertz CT molecular complexity index is 1040. The smallest absolute Gasteiger partial charge is 0.359 e. The van der Waals surface area contributed by atoms with Crippen molar-refractivity contribution in [2.45, 2.75) is 18.9 Å². The number of ether oxygens (including phenoxy) is 1. The molecule has 4 rings (SSSR count). The molecule has 0 radical (unpaired) electrons. The summed E-state index contributed by atoms with van der Waals surface area (Å²) in [4.78, 5) is 15.5. The molecule has 3 aromatic rings. The maximum absolute atomic E-state index is 11.1. The quantitative estimate of drug-likeness (QED) is 0.701. The highest BCUT2D eigenvalue weighted by Gasteiger charge is 2.18. The fourth-order valence-corrected chi connectivity index (χ4v) is 3.15. The zero-order chi connectivity index (χ0) is 19.5. The van der Waals surface area contributed by atoms with Gasteiger partial charge in [0.15, 0.2) is 0 Å². The number of carbonyl (C=O) groups is 1. The van der Waals surface area contributed by atoms with E-state index in [1.165, 1.54) is 5.56 Å². The third-order valence-corrected chi connectivity index (χ3v) is 4.67. The molecule has 1 aromatic heterocycles. The van der Waals surface area contributed by atoms with Gasteiger partial charge in [-0.2, -0.15) is 0 Å². The first-order chi connectivity index (χ1) is 13.6. The number of dihydropyridines is 1. The normalized spacial score (nSPS) is 18.2. The van der Waals surface area contributed by atoms with E-state index in [1.54, 1.807) is 12.1 Å². The number of aliphatic imine (C=N–C) groups is 1. The lowest BCUT2D eigenvalue weighted by atomic mass is 9.90. The van der Waals surface area contributed by atoms with Crippen LogP contribution in [0.3, 0.4) is 0 Å². The Kier molecular flexibility index (Phi) is 4.72. The Hall–Kier alpha value is -3.74. The summed E-state index contributed by atoms with van der Waals surface area (Å²) >= 11 is 0. The number of aromatic amines is 1. The average Bonchev–Trinajstić information content (AvgIpc) is 3.18. The van der Waals surface area contributed by atoms with Gasteiger partial charge < -0.3 is 9.84 Å². The molecule has 2 aromatic carbocycles. The molecule has 7 heteroatoms. The molecule has 0 aliphatic carbocycles. The molecular formula is C21H18N4O3. The number of aromatic carboxylic acids is 1. The number of nitrogens with one attached hydrogen (secondary N) is 1. The number of carboxylic acid groups (broad SMARTS) is 1. The van der Waals surface area contributed by atoms with Crippen molar-refractivity contribution in [3.05, 3.63) is 71.9 Å². The minimum absolute atomic E-state index is 0.0677. The van der Waals surface area contributed by atoms with Crippen LogP contribution in [-0.2, 0) is 0 Å². The largest absolute Gasteiger partial charge is 0.476 e. The maximum Gasteiger partial charge on any atom is 0.359 e. The van der Waals surface area contributed by atoms with E-state index in [0.29, 0.717) is 11.7 Å². The molecule has 1 aliphatic heterocycles. The fourth-order valence-electron chi connectivity index (χ4n) is 3.15. The number of rotatable bonds is 5. The van der Waals surface area contributed by atoms with Crippen LogP contribution < -0.4 is 4.74 Å². The first kappa shape index (κ1) is 17.7. The van der Waals surface area contributed by atoms with E-state index >= 15 is 0 Å². The van der Waals surface area contributed by atoms with E-state index < -0.39 is 5.97 Å². The van der Waals surface area contributed by atoms with Crippen molar-refractivity contribution in [2.24, 2.45) is 4.99 Å². The van der Waals surface area contributed by atoms with Gasteiger partial charge in [-0.3, -0.25) is 4.99 Å². The highest BCUT2D eigenvalue weighted by atomic mass is 16.5. The number of H-pyrrole nitrogens is 1. The van der Waals surface area contributed by atoms with Gasteiger partial charge in [0.25, 0.3) is 5.88 Å². The molecule has 7 nitrogen and oxygen atoms in total. The van der Waals surface area contributed by atoms with Gasteiger partial charge in [-0.05, 0) is 41.8 Å². The molecule has 2 N–H and O–H groups in total. The monoisotopic (exact) mass is 374 g/mol. The summed E-state index contributed by atoms with van der Waals surface area (Å²) in [5, 5.41) is 18.5. The lowest BCUT2D eigenvalue weighted by molar-refractivity contribution is 0.0687. The van der Waals surface area contributed by atoms with E-state index in [-0.39, 0.29) is 17.6 Å². The van der Waals surface area contributed by atoms with Crippen LogP contribution in [0.25, 0.3) is 11.1 Å². The second-order valence-electron chi connectivity index (χ2n) is 6.49. The number of allylic oxidation sites excluding steroid dienone is 1. The third-order valence-electron chi connectivity index (χ3n) is 4.67. The van der Waals surface area contributed by atoms with Crippen LogP contribution in [-0.4, -0.2) is 38.7 Å². The molecule has 0 fully saturated rings. The Labute approximate surface area is 161 Å². The van der Waals surface area contributed by atoms with Gasteiger partial charge in [-0.25, -0.2) is 9.89 Å². The van der Waals surface area contributed by atoms with Crippen LogP contribution in [0.2, 0.25) is 0 Å². The van der Waals surface area contributed by atoms with Gasteiger partial charge in [0, 0.05) is 12.1 Å². The van der Waals surface area contributed by atoms with Crippen molar-refractivity contribution in [1.82, 2.24) is 15.4 Å². The van der Waals surface area contributed by atoms with Gasteiger partial charge in [0.1, 0.15) is 5.75 Å². The summed E-state index contributed by atoms with van der Waals surface area (Å²) in [6, 6.07) is 16.0. The Morgan fingerprint density at radius 1 is 1.07 bits per heavy atom. The molecule has 0 spiro atoms. The highest BCUT2D eigenvalue weighted by Crippen LogP contribution is 2.29. The zero-order valence-corrected chi connectivity index (χ0v) is 15.1. The van der Waals surface area contributed by atoms with Crippen molar-refractivity contribution >= 4 is 12.2 Å². The van der Waals surface area contributed by atoms with Crippen LogP contribution in [0.5, 0.6) is 11.6 Å². The maximum atomic E-state index is 11.1. The van der Waals surface area contributed by atoms with Crippen molar-refractivity contribution in [3.63, 3.8) is 0 Å². The van der Waals surface area contributed by atoms with Crippen molar-refractivity contribution in [1.29, 1.82) is 0 Å². The zero-order valence-electron chi connectivity index (χ0n) is 15.1. The van der Waals surface area contributed by atoms with E-state index in [1.807, 2.05) is 24.4 Å². The molecule has 28 heavy (non-hydrogen) atoms. The second-order valence-corrected chi connectivity index (χ2v) is 6.49. The molecular weight excluding hydrogens is 356 g/mol. The van der Waals surface area contributed by atoms with Crippen LogP contribution in [0.1, 0.15) is 28.9 Å². The number of hydrogen-bond donors (Lipinski definition) is 2. The Balaban J connectivity index is 1.49. The van der Waals surface area contributed by atoms with Gasteiger partial charge in [-0.15, -0.1) is 0 Å². The minimum atomic E-state index is -1.18. The summed E-state index contributed by atoms with van der Waals surface area (Å²) < 4.78 is 5.51. The van der Waals surface area contributed by atoms with E-state index in [4.69, 9.17) is 9.84 Å². The van der Waals surface area contributed by atoms with E-state index in [0.717, 1.165) is 11.1 Å². The molecule has 2 unspecified atom stereocenters. The molecule has 2 atom stereocenters. The van der Waals surface area contributed by atoms with Crippen LogP contribution in [0, 0.1) is 0 Å². The fraction of sp³-hybridized carbons (Fsp3) is 0.143. The van der Waals surface area contributed by atoms with Crippen molar-refractivity contribution in [2.75, 3.05) is 0 Å². The molecule has 2 heterocycles. The number of benzene rings is 2.